The molecule has 0 saturated heterocycles. The molecule has 0 bridgehead atoms. The third kappa shape index (κ3) is 3.85. The maximum Gasteiger partial charge on any atom is 0.305 e. The van der Waals surface area contributed by atoms with Crippen LogP contribution in [0.4, 0.5) is 17.3 Å². The highest BCUT2D eigenvalue weighted by Crippen LogP contribution is 2.17. The van der Waals surface area contributed by atoms with Gasteiger partial charge in [-0.2, -0.15) is 0 Å². The summed E-state index contributed by atoms with van der Waals surface area (Å²) >= 11 is 0. The van der Waals surface area contributed by atoms with E-state index in [0.717, 1.165) is 12.1 Å². The highest BCUT2D eigenvalue weighted by Gasteiger charge is 2.06. The molecule has 0 aliphatic rings. The first-order chi connectivity index (χ1) is 11.2. The SMILES string of the molecule is O=[N+]([O-])c1cnc(Nc2ccc(Cc3ccncc3)cc2)nc1. The van der Waals surface area contributed by atoms with Crippen molar-refractivity contribution in [3.8, 4) is 0 Å². The molecule has 23 heavy (non-hydrogen) atoms. The lowest BCUT2D eigenvalue weighted by Crippen LogP contribution is -1.98. The second-order valence-corrected chi connectivity index (χ2v) is 4.88. The van der Waals surface area contributed by atoms with Gasteiger partial charge in [0.15, 0.2) is 0 Å². The van der Waals surface area contributed by atoms with Crippen LogP contribution in [0.2, 0.25) is 0 Å². The molecule has 0 amide bonds. The van der Waals surface area contributed by atoms with Gasteiger partial charge < -0.3 is 5.32 Å². The molecule has 0 fully saturated rings. The number of pyridine rings is 1. The van der Waals surface area contributed by atoms with Gasteiger partial charge in [0.1, 0.15) is 12.4 Å². The Bertz CT molecular complexity index is 789. The average Bonchev–Trinajstić information content (AvgIpc) is 2.58. The Morgan fingerprint density at radius 1 is 0.957 bits per heavy atom. The zero-order chi connectivity index (χ0) is 16.1. The third-order valence-electron chi connectivity index (χ3n) is 3.22. The van der Waals surface area contributed by atoms with Crippen molar-refractivity contribution in [2.45, 2.75) is 6.42 Å². The minimum absolute atomic E-state index is 0.136. The van der Waals surface area contributed by atoms with Gasteiger partial charge in [-0.05, 0) is 41.8 Å². The normalized spacial score (nSPS) is 10.3. The van der Waals surface area contributed by atoms with Crippen molar-refractivity contribution in [3.05, 3.63) is 82.4 Å². The fraction of sp³-hybridized carbons (Fsp3) is 0.0625. The van der Waals surface area contributed by atoms with Crippen molar-refractivity contribution >= 4 is 17.3 Å². The molecule has 114 valence electrons. The number of anilines is 2. The molecule has 0 radical (unpaired) electrons. The van der Waals surface area contributed by atoms with Crippen molar-refractivity contribution in [2.24, 2.45) is 0 Å². The highest BCUT2D eigenvalue weighted by molar-refractivity contribution is 5.54. The molecule has 0 saturated carbocycles. The van der Waals surface area contributed by atoms with Gasteiger partial charge >= 0.3 is 5.69 Å². The van der Waals surface area contributed by atoms with Gasteiger partial charge in [-0.1, -0.05) is 12.1 Å². The number of nitrogens with one attached hydrogen (secondary N) is 1. The zero-order valence-corrected chi connectivity index (χ0v) is 12.1. The van der Waals surface area contributed by atoms with Crippen molar-refractivity contribution in [1.29, 1.82) is 0 Å². The molecule has 0 spiro atoms. The quantitative estimate of drug-likeness (QED) is 0.575. The highest BCUT2D eigenvalue weighted by atomic mass is 16.6. The number of benzene rings is 1. The van der Waals surface area contributed by atoms with E-state index < -0.39 is 4.92 Å². The average molecular weight is 307 g/mol. The number of nitro groups is 1. The lowest BCUT2D eigenvalue weighted by molar-refractivity contribution is -0.385. The predicted octanol–water partition coefficient (Wildman–Crippen LogP) is 3.11. The standard InChI is InChI=1S/C16H13N5O2/c22-21(23)15-10-18-16(19-11-15)20-14-3-1-12(2-4-14)9-13-5-7-17-8-6-13/h1-8,10-11H,9H2,(H,18,19,20). The Kier molecular flexibility index (Phi) is 4.19. The van der Waals surface area contributed by atoms with Gasteiger partial charge in [-0.3, -0.25) is 15.1 Å². The molecule has 1 aromatic carbocycles. The summed E-state index contributed by atoms with van der Waals surface area (Å²) in [5, 5.41) is 13.6. The molecular weight excluding hydrogens is 294 g/mol. The van der Waals surface area contributed by atoms with Crippen LogP contribution in [0, 0.1) is 10.1 Å². The molecule has 2 aromatic heterocycles. The van der Waals surface area contributed by atoms with Crippen LogP contribution in [0.5, 0.6) is 0 Å². The van der Waals surface area contributed by atoms with Crippen LogP contribution in [-0.2, 0) is 6.42 Å². The van der Waals surface area contributed by atoms with Gasteiger partial charge in [-0.15, -0.1) is 0 Å². The number of aromatic nitrogens is 3. The Balaban J connectivity index is 1.66. The first-order valence-corrected chi connectivity index (χ1v) is 6.92. The molecule has 1 N–H and O–H groups in total. The summed E-state index contributed by atoms with van der Waals surface area (Å²) in [7, 11) is 0. The van der Waals surface area contributed by atoms with E-state index >= 15 is 0 Å². The summed E-state index contributed by atoms with van der Waals surface area (Å²) in [5.41, 5.74) is 3.05. The lowest BCUT2D eigenvalue weighted by Gasteiger charge is -2.06. The first-order valence-electron chi connectivity index (χ1n) is 6.92. The minimum Gasteiger partial charge on any atom is -0.324 e. The molecule has 2 heterocycles. The van der Waals surface area contributed by atoms with Crippen molar-refractivity contribution < 1.29 is 4.92 Å². The van der Waals surface area contributed by atoms with Crippen LogP contribution in [0.15, 0.2) is 61.2 Å². The predicted molar refractivity (Wildman–Crippen MR) is 85.5 cm³/mol. The number of hydrogen-bond donors (Lipinski definition) is 1. The second kappa shape index (κ2) is 6.61. The maximum atomic E-state index is 10.6. The number of nitrogens with zero attached hydrogens (tertiary/aromatic N) is 4. The third-order valence-corrected chi connectivity index (χ3v) is 3.22. The molecule has 7 heteroatoms. The van der Waals surface area contributed by atoms with Gasteiger partial charge in [-0.25, -0.2) is 9.97 Å². The first kappa shape index (κ1) is 14.6. The van der Waals surface area contributed by atoms with Crippen molar-refractivity contribution in [3.63, 3.8) is 0 Å². The summed E-state index contributed by atoms with van der Waals surface area (Å²) in [5.74, 6) is 0.317. The fourth-order valence-electron chi connectivity index (χ4n) is 2.05. The van der Waals surface area contributed by atoms with E-state index in [0.29, 0.717) is 5.95 Å². The lowest BCUT2D eigenvalue weighted by atomic mass is 10.1. The van der Waals surface area contributed by atoms with E-state index in [9.17, 15) is 10.1 Å². The van der Waals surface area contributed by atoms with Crippen molar-refractivity contribution in [1.82, 2.24) is 15.0 Å². The molecule has 0 atom stereocenters. The molecular formula is C16H13N5O2. The fourth-order valence-corrected chi connectivity index (χ4v) is 2.05. The number of hydrogen-bond acceptors (Lipinski definition) is 6. The van der Waals surface area contributed by atoms with Crippen molar-refractivity contribution in [2.75, 3.05) is 5.32 Å². The Hall–Kier alpha value is -3.35. The Labute approximate surface area is 132 Å². The smallest absolute Gasteiger partial charge is 0.305 e. The molecule has 3 aromatic rings. The van der Waals surface area contributed by atoms with Crippen LogP contribution in [0.1, 0.15) is 11.1 Å². The van der Waals surface area contributed by atoms with Crippen LogP contribution < -0.4 is 5.32 Å². The van der Waals surface area contributed by atoms with Gasteiger partial charge in [0.25, 0.3) is 0 Å². The van der Waals surface area contributed by atoms with E-state index in [1.165, 1.54) is 23.5 Å². The van der Waals surface area contributed by atoms with E-state index in [-0.39, 0.29) is 5.69 Å². The summed E-state index contributed by atoms with van der Waals surface area (Å²) in [6.07, 6.45) is 6.73. The molecule has 0 aliphatic heterocycles. The van der Waals surface area contributed by atoms with E-state index in [1.807, 2.05) is 36.4 Å². The molecule has 7 nitrogen and oxygen atoms in total. The molecule has 3 rings (SSSR count). The largest absolute Gasteiger partial charge is 0.324 e. The number of rotatable bonds is 5. The zero-order valence-electron chi connectivity index (χ0n) is 12.1. The van der Waals surface area contributed by atoms with E-state index in [1.54, 1.807) is 12.4 Å². The topological polar surface area (TPSA) is 93.8 Å². The minimum atomic E-state index is -0.530. The summed E-state index contributed by atoms with van der Waals surface area (Å²) in [6, 6.07) is 11.8. The van der Waals surface area contributed by atoms with Crippen LogP contribution in [-0.4, -0.2) is 19.9 Å². The van der Waals surface area contributed by atoms with Crippen LogP contribution in [0.25, 0.3) is 0 Å². The summed E-state index contributed by atoms with van der Waals surface area (Å²) < 4.78 is 0. The molecule has 0 unspecified atom stereocenters. The Morgan fingerprint density at radius 3 is 2.17 bits per heavy atom. The van der Waals surface area contributed by atoms with Crippen LogP contribution >= 0.6 is 0 Å². The van der Waals surface area contributed by atoms with Gasteiger partial charge in [0, 0.05) is 18.1 Å². The summed E-state index contributed by atoms with van der Waals surface area (Å²) in [6.45, 7) is 0. The van der Waals surface area contributed by atoms with Crippen LogP contribution in [0.3, 0.4) is 0 Å². The van der Waals surface area contributed by atoms with E-state index in [4.69, 9.17) is 0 Å². The summed E-state index contributed by atoms with van der Waals surface area (Å²) in [4.78, 5) is 21.9. The Morgan fingerprint density at radius 2 is 1.57 bits per heavy atom. The van der Waals surface area contributed by atoms with E-state index in [2.05, 4.69) is 20.3 Å². The monoisotopic (exact) mass is 307 g/mol. The maximum absolute atomic E-state index is 10.6. The second-order valence-electron chi connectivity index (χ2n) is 4.88. The molecule has 0 aliphatic carbocycles. The van der Waals surface area contributed by atoms with Gasteiger partial charge in [0.2, 0.25) is 5.95 Å². The van der Waals surface area contributed by atoms with Gasteiger partial charge in [0.05, 0.1) is 4.92 Å².